The van der Waals surface area contributed by atoms with E-state index in [4.69, 9.17) is 4.74 Å². The first kappa shape index (κ1) is 21.3. The second kappa shape index (κ2) is 8.07. The molecule has 6 rings (SSSR count). The molecule has 1 aliphatic heterocycles. The van der Waals surface area contributed by atoms with Gasteiger partial charge in [0, 0.05) is 24.2 Å². The second-order valence-electron chi connectivity index (χ2n) is 10.3. The summed E-state index contributed by atoms with van der Waals surface area (Å²) in [6.07, 6.45) is 11.0. The quantitative estimate of drug-likeness (QED) is 0.743. The Morgan fingerprint density at radius 2 is 1.58 bits per heavy atom. The van der Waals surface area contributed by atoms with E-state index in [-0.39, 0.29) is 16.3 Å². The zero-order valence-corrected chi connectivity index (χ0v) is 19.3. The summed E-state index contributed by atoms with van der Waals surface area (Å²) in [6, 6.07) is 4.84. The van der Waals surface area contributed by atoms with Crippen LogP contribution in [-0.4, -0.2) is 44.4 Å². The summed E-state index contributed by atoms with van der Waals surface area (Å²) < 4.78 is 33.8. The Morgan fingerprint density at radius 1 is 1.00 bits per heavy atom. The number of rotatable bonds is 5. The van der Waals surface area contributed by atoms with Gasteiger partial charge in [0.25, 0.3) is 5.91 Å². The van der Waals surface area contributed by atoms with Crippen molar-refractivity contribution in [3.05, 3.63) is 23.8 Å². The van der Waals surface area contributed by atoms with Crippen LogP contribution < -0.4 is 10.1 Å². The van der Waals surface area contributed by atoms with E-state index in [0.717, 1.165) is 62.7 Å². The van der Waals surface area contributed by atoms with E-state index in [1.165, 1.54) is 32.4 Å². The lowest BCUT2D eigenvalue weighted by Crippen LogP contribution is -2.59. The Bertz CT molecular complexity index is 915. The van der Waals surface area contributed by atoms with E-state index in [0.29, 0.717) is 24.4 Å². The molecule has 1 N–H and O–H groups in total. The summed E-state index contributed by atoms with van der Waals surface area (Å²) in [7, 11) is -2.23. The van der Waals surface area contributed by atoms with Crippen LogP contribution in [0.5, 0.6) is 5.75 Å². The molecule has 0 atom stereocenters. The summed E-state index contributed by atoms with van der Waals surface area (Å²) in [4.78, 5) is 13.4. The maximum atomic E-state index is 13.4. The van der Waals surface area contributed by atoms with Crippen molar-refractivity contribution in [2.45, 2.75) is 74.6 Å². The van der Waals surface area contributed by atoms with Crippen molar-refractivity contribution in [1.29, 1.82) is 0 Å². The smallest absolute Gasteiger partial charge is 0.251 e. The molecule has 31 heavy (non-hydrogen) atoms. The second-order valence-corrected chi connectivity index (χ2v) is 12.2. The van der Waals surface area contributed by atoms with E-state index in [2.05, 4.69) is 5.32 Å². The summed E-state index contributed by atoms with van der Waals surface area (Å²) in [5, 5.41) is 3.36. The molecule has 5 fully saturated rings. The molecule has 0 unspecified atom stereocenters. The number of nitrogens with one attached hydrogen (secondary N) is 1. The Kier molecular flexibility index (Phi) is 5.53. The van der Waals surface area contributed by atoms with Gasteiger partial charge in [-0.25, -0.2) is 8.42 Å². The van der Waals surface area contributed by atoms with Gasteiger partial charge in [-0.1, -0.05) is 12.8 Å². The van der Waals surface area contributed by atoms with Crippen LogP contribution in [0, 0.1) is 17.8 Å². The SMILES string of the molecule is COc1ccc(C(=O)NC23CC4CC(CC(C4)C2)C3)cc1S(=O)(=O)N1CCCCCC1. The summed E-state index contributed by atoms with van der Waals surface area (Å²) in [5.41, 5.74) is 0.306. The molecule has 7 heteroatoms. The number of carbonyl (C=O) groups excluding carboxylic acids is 1. The fourth-order valence-electron chi connectivity index (χ4n) is 7.02. The highest BCUT2D eigenvalue weighted by Crippen LogP contribution is 2.55. The Hall–Kier alpha value is -1.60. The zero-order chi connectivity index (χ0) is 21.6. The van der Waals surface area contributed by atoms with Gasteiger partial charge in [-0.2, -0.15) is 4.31 Å². The average Bonchev–Trinajstić information content (AvgIpc) is 3.02. The number of ether oxygens (including phenoxy) is 1. The van der Waals surface area contributed by atoms with Crippen molar-refractivity contribution in [2.24, 2.45) is 17.8 Å². The van der Waals surface area contributed by atoms with Crippen molar-refractivity contribution in [3.8, 4) is 5.75 Å². The topological polar surface area (TPSA) is 75.7 Å². The van der Waals surface area contributed by atoms with Crippen LogP contribution in [0.4, 0.5) is 0 Å². The highest BCUT2D eigenvalue weighted by molar-refractivity contribution is 7.89. The van der Waals surface area contributed by atoms with Gasteiger partial charge in [-0.15, -0.1) is 0 Å². The van der Waals surface area contributed by atoms with Gasteiger partial charge < -0.3 is 10.1 Å². The van der Waals surface area contributed by atoms with Gasteiger partial charge in [0.1, 0.15) is 10.6 Å². The van der Waals surface area contributed by atoms with Crippen molar-refractivity contribution in [2.75, 3.05) is 20.2 Å². The lowest BCUT2D eigenvalue weighted by Gasteiger charge is -2.56. The Balaban J connectivity index is 1.41. The molecule has 0 radical (unpaired) electrons. The Morgan fingerprint density at radius 3 is 2.13 bits per heavy atom. The molecule has 170 valence electrons. The van der Waals surface area contributed by atoms with Crippen molar-refractivity contribution in [3.63, 3.8) is 0 Å². The van der Waals surface area contributed by atoms with Crippen LogP contribution in [0.2, 0.25) is 0 Å². The third-order valence-electron chi connectivity index (χ3n) is 8.03. The predicted molar refractivity (Wildman–Crippen MR) is 119 cm³/mol. The van der Waals surface area contributed by atoms with Gasteiger partial charge in [0.2, 0.25) is 10.0 Å². The number of carbonyl (C=O) groups is 1. The number of nitrogens with zero attached hydrogens (tertiary/aromatic N) is 1. The molecule has 1 amide bonds. The van der Waals surface area contributed by atoms with Crippen LogP contribution in [0.3, 0.4) is 0 Å². The van der Waals surface area contributed by atoms with E-state index in [1.54, 1.807) is 16.4 Å². The predicted octanol–water partition coefficient (Wildman–Crippen LogP) is 3.96. The minimum absolute atomic E-state index is 0.102. The molecule has 0 spiro atoms. The lowest BCUT2D eigenvalue weighted by atomic mass is 9.53. The molecule has 4 bridgehead atoms. The maximum Gasteiger partial charge on any atom is 0.251 e. The van der Waals surface area contributed by atoms with Crippen molar-refractivity contribution < 1.29 is 17.9 Å². The van der Waals surface area contributed by atoms with Gasteiger partial charge in [-0.3, -0.25) is 4.79 Å². The minimum atomic E-state index is -3.71. The molecule has 4 saturated carbocycles. The number of sulfonamides is 1. The highest BCUT2D eigenvalue weighted by Gasteiger charge is 2.51. The standard InChI is InChI=1S/C24H34N2O4S/c1-30-21-7-6-20(13-22(21)31(28,29)26-8-4-2-3-5-9-26)23(27)25-24-14-17-10-18(15-24)12-19(11-17)16-24/h6-7,13,17-19H,2-5,8-12,14-16H2,1H3,(H,25,27). The highest BCUT2D eigenvalue weighted by atomic mass is 32.2. The van der Waals surface area contributed by atoms with E-state index < -0.39 is 10.0 Å². The number of methoxy groups -OCH3 is 1. The largest absolute Gasteiger partial charge is 0.495 e. The lowest BCUT2D eigenvalue weighted by molar-refractivity contribution is -0.0167. The maximum absolute atomic E-state index is 13.4. The van der Waals surface area contributed by atoms with Crippen molar-refractivity contribution >= 4 is 15.9 Å². The first-order chi connectivity index (χ1) is 14.9. The number of amides is 1. The van der Waals surface area contributed by atoms with E-state index in [9.17, 15) is 13.2 Å². The van der Waals surface area contributed by atoms with Gasteiger partial charge in [0.15, 0.2) is 0 Å². The monoisotopic (exact) mass is 446 g/mol. The number of hydrogen-bond acceptors (Lipinski definition) is 4. The Labute approximate surface area is 185 Å². The van der Waals surface area contributed by atoms with Crippen LogP contribution in [0.1, 0.15) is 74.6 Å². The van der Waals surface area contributed by atoms with Crippen LogP contribution in [-0.2, 0) is 10.0 Å². The summed E-state index contributed by atoms with van der Waals surface area (Å²) >= 11 is 0. The van der Waals surface area contributed by atoms with Gasteiger partial charge in [0.05, 0.1) is 7.11 Å². The molecule has 5 aliphatic rings. The molecular weight excluding hydrogens is 412 g/mol. The fourth-order valence-corrected chi connectivity index (χ4v) is 8.72. The zero-order valence-electron chi connectivity index (χ0n) is 18.4. The third-order valence-corrected chi connectivity index (χ3v) is 9.95. The molecule has 4 aliphatic carbocycles. The minimum Gasteiger partial charge on any atom is -0.495 e. The molecule has 0 aromatic heterocycles. The van der Waals surface area contributed by atoms with Crippen LogP contribution in [0.25, 0.3) is 0 Å². The molecule has 1 aromatic carbocycles. The van der Waals surface area contributed by atoms with Crippen molar-refractivity contribution in [1.82, 2.24) is 9.62 Å². The molecule has 1 heterocycles. The van der Waals surface area contributed by atoms with Gasteiger partial charge in [-0.05, 0) is 87.3 Å². The third kappa shape index (κ3) is 3.99. The normalized spacial score (nSPS) is 33.1. The number of hydrogen-bond donors (Lipinski definition) is 1. The first-order valence-corrected chi connectivity index (χ1v) is 13.3. The van der Waals surface area contributed by atoms with Crippen LogP contribution >= 0.6 is 0 Å². The molecule has 1 saturated heterocycles. The summed E-state index contributed by atoms with van der Waals surface area (Å²) in [5.74, 6) is 2.36. The fraction of sp³-hybridized carbons (Fsp3) is 0.708. The molecular formula is C24H34N2O4S. The van der Waals surface area contributed by atoms with Crippen LogP contribution in [0.15, 0.2) is 23.1 Å². The first-order valence-electron chi connectivity index (χ1n) is 11.9. The van der Waals surface area contributed by atoms with E-state index >= 15 is 0 Å². The molecule has 1 aromatic rings. The number of benzene rings is 1. The molecule has 6 nitrogen and oxygen atoms in total. The van der Waals surface area contributed by atoms with Gasteiger partial charge >= 0.3 is 0 Å². The average molecular weight is 447 g/mol. The van der Waals surface area contributed by atoms with E-state index in [1.807, 2.05) is 0 Å². The summed E-state index contributed by atoms with van der Waals surface area (Å²) in [6.45, 7) is 1.05.